The Balaban J connectivity index is 3.10. The van der Waals surface area contributed by atoms with Crippen LogP contribution < -0.4 is 10.2 Å². The van der Waals surface area contributed by atoms with Crippen molar-refractivity contribution in [2.45, 2.75) is 6.92 Å². The van der Waals surface area contributed by atoms with E-state index < -0.39 is 5.97 Å². The minimum atomic E-state index is -0.479. The fourth-order valence-electron chi connectivity index (χ4n) is 1.80. The summed E-state index contributed by atoms with van der Waals surface area (Å²) in [6.45, 7) is 6.67. The van der Waals surface area contributed by atoms with Crippen molar-refractivity contribution in [1.29, 1.82) is 0 Å². The molecular formula is C16H22N2O4. The van der Waals surface area contributed by atoms with E-state index in [0.717, 1.165) is 11.8 Å². The zero-order valence-electron chi connectivity index (χ0n) is 13.2. The Bertz CT molecular complexity index is 543. The molecular weight excluding hydrogens is 284 g/mol. The Labute approximate surface area is 130 Å². The van der Waals surface area contributed by atoms with Crippen molar-refractivity contribution in [3.63, 3.8) is 0 Å². The molecule has 6 nitrogen and oxygen atoms in total. The average molecular weight is 306 g/mol. The summed E-state index contributed by atoms with van der Waals surface area (Å²) in [6, 6.07) is 5.16. The number of esters is 1. The van der Waals surface area contributed by atoms with Gasteiger partial charge >= 0.3 is 5.97 Å². The number of benzene rings is 1. The molecule has 0 aromatic heterocycles. The van der Waals surface area contributed by atoms with E-state index in [2.05, 4.69) is 11.9 Å². The van der Waals surface area contributed by atoms with E-state index in [1.165, 1.54) is 0 Å². The second-order valence-corrected chi connectivity index (χ2v) is 4.56. The van der Waals surface area contributed by atoms with Gasteiger partial charge in [-0.1, -0.05) is 6.58 Å². The number of carbonyl (C=O) groups is 2. The third-order valence-electron chi connectivity index (χ3n) is 3.01. The summed E-state index contributed by atoms with van der Waals surface area (Å²) >= 11 is 0. The van der Waals surface area contributed by atoms with Gasteiger partial charge in [0, 0.05) is 26.4 Å². The molecule has 1 amide bonds. The molecule has 22 heavy (non-hydrogen) atoms. The standard InChI is InChI=1S/C16H22N2O4/c1-5-15(19)17-14-11-12(18(3)9-10-21-4)7-8-13(14)16(20)22-6-2/h5,7-8,11H,1,6,9-10H2,2-4H3,(H,17,19). The van der Waals surface area contributed by atoms with Crippen molar-refractivity contribution in [3.8, 4) is 0 Å². The van der Waals surface area contributed by atoms with E-state index in [-0.39, 0.29) is 12.5 Å². The number of nitrogens with one attached hydrogen (secondary N) is 1. The Hall–Kier alpha value is -2.34. The van der Waals surface area contributed by atoms with Crippen LogP contribution in [-0.4, -0.2) is 45.8 Å². The number of amides is 1. The molecule has 0 radical (unpaired) electrons. The molecule has 0 aliphatic carbocycles. The van der Waals surface area contributed by atoms with Gasteiger partial charge in [-0.05, 0) is 31.2 Å². The van der Waals surface area contributed by atoms with Crippen molar-refractivity contribution in [2.24, 2.45) is 0 Å². The first kappa shape index (κ1) is 17.7. The minimum absolute atomic E-state index is 0.267. The number of hydrogen-bond acceptors (Lipinski definition) is 5. The normalized spacial score (nSPS) is 9.95. The van der Waals surface area contributed by atoms with E-state index in [1.54, 1.807) is 32.2 Å². The zero-order chi connectivity index (χ0) is 16.5. The van der Waals surface area contributed by atoms with Gasteiger partial charge in [0.25, 0.3) is 0 Å². The van der Waals surface area contributed by atoms with Crippen molar-refractivity contribution in [1.82, 2.24) is 0 Å². The molecule has 0 saturated heterocycles. The van der Waals surface area contributed by atoms with Crippen molar-refractivity contribution in [3.05, 3.63) is 36.4 Å². The fraction of sp³-hybridized carbons (Fsp3) is 0.375. The first-order valence-electron chi connectivity index (χ1n) is 6.98. The second-order valence-electron chi connectivity index (χ2n) is 4.56. The molecule has 1 rings (SSSR count). The molecule has 1 aromatic carbocycles. The Kier molecular flexibility index (Phi) is 7.12. The fourth-order valence-corrected chi connectivity index (χ4v) is 1.80. The van der Waals surface area contributed by atoms with Gasteiger partial charge in [0.15, 0.2) is 0 Å². The van der Waals surface area contributed by atoms with Crippen LogP contribution in [0.4, 0.5) is 11.4 Å². The maximum absolute atomic E-state index is 12.0. The molecule has 1 aromatic rings. The maximum Gasteiger partial charge on any atom is 0.340 e. The third-order valence-corrected chi connectivity index (χ3v) is 3.01. The van der Waals surface area contributed by atoms with Crippen molar-refractivity contribution >= 4 is 23.3 Å². The number of rotatable bonds is 8. The highest BCUT2D eigenvalue weighted by molar-refractivity contribution is 6.05. The zero-order valence-corrected chi connectivity index (χ0v) is 13.2. The molecule has 0 bridgehead atoms. The Morgan fingerprint density at radius 2 is 2.14 bits per heavy atom. The monoisotopic (exact) mass is 306 g/mol. The number of ether oxygens (including phenoxy) is 2. The quantitative estimate of drug-likeness (QED) is 0.588. The van der Waals surface area contributed by atoms with Gasteiger partial charge in [0.2, 0.25) is 5.91 Å². The van der Waals surface area contributed by atoms with Crippen LogP contribution in [0.2, 0.25) is 0 Å². The van der Waals surface area contributed by atoms with Crippen LogP contribution in [0, 0.1) is 0 Å². The van der Waals surface area contributed by atoms with Crippen LogP contribution >= 0.6 is 0 Å². The van der Waals surface area contributed by atoms with Gasteiger partial charge in [0.05, 0.1) is 24.5 Å². The molecule has 0 heterocycles. The molecule has 0 aliphatic rings. The predicted molar refractivity (Wildman–Crippen MR) is 86.4 cm³/mol. The largest absolute Gasteiger partial charge is 0.462 e. The van der Waals surface area contributed by atoms with Gasteiger partial charge in [-0.2, -0.15) is 0 Å². The summed E-state index contributed by atoms with van der Waals surface area (Å²) < 4.78 is 10.0. The highest BCUT2D eigenvalue weighted by Crippen LogP contribution is 2.24. The molecule has 1 N–H and O–H groups in total. The molecule has 0 atom stereocenters. The summed E-state index contributed by atoms with van der Waals surface area (Å²) in [5, 5.41) is 2.64. The van der Waals surface area contributed by atoms with Crippen molar-refractivity contribution < 1.29 is 19.1 Å². The lowest BCUT2D eigenvalue weighted by molar-refractivity contribution is -0.111. The molecule has 0 aliphatic heterocycles. The molecule has 120 valence electrons. The SMILES string of the molecule is C=CC(=O)Nc1cc(N(C)CCOC)ccc1C(=O)OCC. The van der Waals surface area contributed by atoms with E-state index in [0.29, 0.717) is 24.4 Å². The van der Waals surface area contributed by atoms with Crippen LogP contribution in [0.3, 0.4) is 0 Å². The number of nitrogens with zero attached hydrogens (tertiary/aromatic N) is 1. The Morgan fingerprint density at radius 3 is 2.73 bits per heavy atom. The third kappa shape index (κ3) is 4.89. The Morgan fingerprint density at radius 1 is 1.41 bits per heavy atom. The summed E-state index contributed by atoms with van der Waals surface area (Å²) in [7, 11) is 3.53. The van der Waals surface area contributed by atoms with Crippen LogP contribution in [0.25, 0.3) is 0 Å². The lowest BCUT2D eigenvalue weighted by Crippen LogP contribution is -2.22. The van der Waals surface area contributed by atoms with Crippen LogP contribution in [0.1, 0.15) is 17.3 Å². The average Bonchev–Trinajstić information content (AvgIpc) is 2.52. The van der Waals surface area contributed by atoms with Gasteiger partial charge in [-0.25, -0.2) is 4.79 Å². The summed E-state index contributed by atoms with van der Waals surface area (Å²) in [4.78, 5) is 25.5. The number of methoxy groups -OCH3 is 1. The van der Waals surface area contributed by atoms with Gasteiger partial charge in [0.1, 0.15) is 0 Å². The summed E-state index contributed by atoms with van der Waals surface area (Å²) in [5.74, 6) is -0.866. The number of carbonyl (C=O) groups excluding carboxylic acids is 2. The molecule has 6 heteroatoms. The molecule has 0 saturated carbocycles. The van der Waals surface area contributed by atoms with Gasteiger partial charge in [-0.3, -0.25) is 4.79 Å². The first-order chi connectivity index (χ1) is 10.5. The van der Waals surface area contributed by atoms with Crippen molar-refractivity contribution in [2.75, 3.05) is 44.1 Å². The first-order valence-corrected chi connectivity index (χ1v) is 6.98. The summed E-state index contributed by atoms with van der Waals surface area (Å²) in [5.41, 5.74) is 1.55. The topological polar surface area (TPSA) is 67.9 Å². The molecule has 0 fully saturated rings. The second kappa shape index (κ2) is 8.84. The van der Waals surface area contributed by atoms with E-state index in [1.807, 2.05) is 11.9 Å². The van der Waals surface area contributed by atoms with Crippen LogP contribution in [0.5, 0.6) is 0 Å². The predicted octanol–water partition coefficient (Wildman–Crippen LogP) is 2.07. The lowest BCUT2D eigenvalue weighted by atomic mass is 10.1. The summed E-state index contributed by atoms with van der Waals surface area (Å²) in [6.07, 6.45) is 1.15. The maximum atomic E-state index is 12.0. The van der Waals surface area contributed by atoms with E-state index in [4.69, 9.17) is 9.47 Å². The highest BCUT2D eigenvalue weighted by Gasteiger charge is 2.15. The lowest BCUT2D eigenvalue weighted by Gasteiger charge is -2.20. The van der Waals surface area contributed by atoms with E-state index in [9.17, 15) is 9.59 Å². The van der Waals surface area contributed by atoms with Gasteiger partial charge < -0.3 is 19.7 Å². The molecule has 0 spiro atoms. The molecule has 0 unspecified atom stereocenters. The van der Waals surface area contributed by atoms with E-state index >= 15 is 0 Å². The van der Waals surface area contributed by atoms with Crippen LogP contribution in [-0.2, 0) is 14.3 Å². The van der Waals surface area contributed by atoms with Gasteiger partial charge in [-0.15, -0.1) is 0 Å². The number of hydrogen-bond donors (Lipinski definition) is 1. The van der Waals surface area contributed by atoms with Crippen LogP contribution in [0.15, 0.2) is 30.9 Å². The highest BCUT2D eigenvalue weighted by atomic mass is 16.5. The number of likely N-dealkylation sites (N-methyl/N-ethyl adjacent to an activating group) is 1. The smallest absolute Gasteiger partial charge is 0.340 e. The minimum Gasteiger partial charge on any atom is -0.462 e. The number of anilines is 2.